The van der Waals surface area contributed by atoms with Crippen LogP contribution in [0.1, 0.15) is 12.8 Å². The number of esters is 1. The van der Waals surface area contributed by atoms with Gasteiger partial charge in [-0.2, -0.15) is 24.4 Å². The molecule has 0 aromatic rings. The monoisotopic (exact) mass is 238 g/mol. The molecule has 0 aliphatic heterocycles. The number of carboxylic acid groups (broad SMARTS) is 1. The van der Waals surface area contributed by atoms with E-state index in [2.05, 4.69) is 12.6 Å². The van der Waals surface area contributed by atoms with Crippen molar-refractivity contribution in [1.29, 1.82) is 0 Å². The molecule has 0 saturated carbocycles. The van der Waals surface area contributed by atoms with Crippen molar-refractivity contribution in [2.45, 2.75) is 12.8 Å². The summed E-state index contributed by atoms with van der Waals surface area (Å²) in [6, 6.07) is 0. The summed E-state index contributed by atoms with van der Waals surface area (Å²) in [6.07, 6.45) is 0.467. The summed E-state index contributed by atoms with van der Waals surface area (Å²) >= 11 is 5.34. The number of thiol groups is 1. The van der Waals surface area contributed by atoms with Crippen molar-refractivity contribution in [3.63, 3.8) is 0 Å². The number of hydrogen-bond donors (Lipinski definition) is 2. The fraction of sp³-hybridized carbons (Fsp3) is 0.750. The summed E-state index contributed by atoms with van der Waals surface area (Å²) in [7, 11) is 0. The second kappa shape index (κ2) is 9.21. The fourth-order valence-electron chi connectivity index (χ4n) is 0.649. The van der Waals surface area contributed by atoms with Gasteiger partial charge in [-0.3, -0.25) is 9.59 Å². The average molecular weight is 238 g/mol. The van der Waals surface area contributed by atoms with Crippen LogP contribution in [0.4, 0.5) is 0 Å². The highest BCUT2D eigenvalue weighted by Gasteiger charge is 2.02. The van der Waals surface area contributed by atoms with Crippen LogP contribution in [-0.4, -0.2) is 40.9 Å². The van der Waals surface area contributed by atoms with Crippen LogP contribution in [0, 0.1) is 0 Å². The van der Waals surface area contributed by atoms with Crippen LogP contribution < -0.4 is 0 Å². The number of hydrogen-bond acceptors (Lipinski definition) is 5. The van der Waals surface area contributed by atoms with Crippen molar-refractivity contribution in [2.24, 2.45) is 0 Å². The molecule has 0 spiro atoms. The molecular formula is C8H14O4S2. The summed E-state index contributed by atoms with van der Waals surface area (Å²) in [4.78, 5) is 21.0. The number of carbonyl (C=O) groups is 2. The summed E-state index contributed by atoms with van der Waals surface area (Å²) < 4.78 is 4.77. The fourth-order valence-corrected chi connectivity index (χ4v) is 1.57. The minimum atomic E-state index is -0.810. The van der Waals surface area contributed by atoms with E-state index in [1.54, 1.807) is 0 Å². The first-order valence-corrected chi connectivity index (χ1v) is 6.01. The first kappa shape index (κ1) is 13.6. The van der Waals surface area contributed by atoms with Crippen LogP contribution in [0.25, 0.3) is 0 Å². The summed E-state index contributed by atoms with van der Waals surface area (Å²) in [5.41, 5.74) is 0. The Morgan fingerprint density at radius 2 is 1.93 bits per heavy atom. The average Bonchev–Trinajstić information content (AvgIpc) is 2.13. The molecule has 0 rings (SSSR count). The Morgan fingerprint density at radius 3 is 2.50 bits per heavy atom. The van der Waals surface area contributed by atoms with Crippen LogP contribution in [0.15, 0.2) is 0 Å². The third kappa shape index (κ3) is 9.73. The molecule has 0 amide bonds. The van der Waals surface area contributed by atoms with E-state index in [0.717, 1.165) is 0 Å². The van der Waals surface area contributed by atoms with E-state index in [1.807, 2.05) is 0 Å². The van der Waals surface area contributed by atoms with Crippen LogP contribution in [-0.2, 0) is 14.3 Å². The van der Waals surface area contributed by atoms with Crippen LogP contribution in [0.2, 0.25) is 0 Å². The highest BCUT2D eigenvalue weighted by Crippen LogP contribution is 2.05. The summed E-state index contributed by atoms with van der Waals surface area (Å²) in [6.45, 7) is 0.335. The van der Waals surface area contributed by atoms with E-state index in [-0.39, 0.29) is 12.4 Å². The number of aliphatic carboxylic acids is 1. The number of thioether (sulfide) groups is 1. The molecule has 14 heavy (non-hydrogen) atoms. The predicted molar refractivity (Wildman–Crippen MR) is 59.0 cm³/mol. The minimum absolute atomic E-state index is 0.135. The van der Waals surface area contributed by atoms with Gasteiger partial charge in [0.05, 0.1) is 12.8 Å². The summed E-state index contributed by atoms with van der Waals surface area (Å²) in [5.74, 6) is 0.614. The molecule has 6 heteroatoms. The van der Waals surface area contributed by atoms with Crippen molar-refractivity contribution in [3.05, 3.63) is 0 Å². The smallest absolute Gasteiger partial charge is 0.306 e. The number of carbonyl (C=O) groups excluding carboxylic acids is 1. The van der Waals surface area contributed by atoms with Crippen LogP contribution in [0.5, 0.6) is 0 Å². The first-order valence-electron chi connectivity index (χ1n) is 4.23. The molecule has 0 aliphatic rings. The highest BCUT2D eigenvalue weighted by molar-refractivity contribution is 7.99. The molecule has 0 bridgehead atoms. The zero-order valence-corrected chi connectivity index (χ0v) is 9.48. The lowest BCUT2D eigenvalue weighted by atomic mass is 10.5. The molecule has 0 aromatic heterocycles. The number of ether oxygens (including phenoxy) is 1. The topological polar surface area (TPSA) is 63.6 Å². The third-order valence-electron chi connectivity index (χ3n) is 1.27. The summed E-state index contributed by atoms with van der Waals surface area (Å²) in [5, 5.41) is 8.32. The second-order valence-electron chi connectivity index (χ2n) is 2.45. The first-order chi connectivity index (χ1) is 6.66. The van der Waals surface area contributed by atoms with E-state index in [0.29, 0.717) is 30.3 Å². The van der Waals surface area contributed by atoms with Gasteiger partial charge in [-0.1, -0.05) is 0 Å². The van der Waals surface area contributed by atoms with Gasteiger partial charge in [-0.25, -0.2) is 0 Å². The van der Waals surface area contributed by atoms with Gasteiger partial charge in [-0.15, -0.1) is 0 Å². The largest absolute Gasteiger partial charge is 0.481 e. The van der Waals surface area contributed by atoms with Gasteiger partial charge in [0.15, 0.2) is 0 Å². The molecule has 0 heterocycles. The van der Waals surface area contributed by atoms with Crippen LogP contribution >= 0.6 is 24.4 Å². The van der Waals surface area contributed by atoms with Gasteiger partial charge in [0.2, 0.25) is 0 Å². The van der Waals surface area contributed by atoms with Gasteiger partial charge >= 0.3 is 11.9 Å². The van der Waals surface area contributed by atoms with Crippen molar-refractivity contribution < 1.29 is 19.4 Å². The SMILES string of the molecule is O=C(O)CCSCCC(=O)OCCS. The Balaban J connectivity index is 3.19. The van der Waals surface area contributed by atoms with Gasteiger partial charge < -0.3 is 9.84 Å². The second-order valence-corrected chi connectivity index (χ2v) is 4.12. The molecule has 1 N–H and O–H groups in total. The Labute approximate surface area is 92.8 Å². The Hall–Kier alpha value is -0.360. The maximum absolute atomic E-state index is 10.9. The van der Waals surface area contributed by atoms with Crippen molar-refractivity contribution in [1.82, 2.24) is 0 Å². The van der Waals surface area contributed by atoms with Crippen molar-refractivity contribution in [2.75, 3.05) is 23.9 Å². The number of rotatable bonds is 8. The van der Waals surface area contributed by atoms with E-state index >= 15 is 0 Å². The Kier molecular flexibility index (Phi) is 8.97. The highest BCUT2D eigenvalue weighted by atomic mass is 32.2. The zero-order chi connectivity index (χ0) is 10.8. The molecule has 0 saturated heterocycles. The van der Waals surface area contributed by atoms with Gasteiger partial charge in [-0.05, 0) is 0 Å². The van der Waals surface area contributed by atoms with Crippen molar-refractivity contribution >= 4 is 36.3 Å². The van der Waals surface area contributed by atoms with Gasteiger partial charge in [0.1, 0.15) is 6.61 Å². The Morgan fingerprint density at radius 1 is 1.29 bits per heavy atom. The van der Waals surface area contributed by atoms with E-state index in [9.17, 15) is 9.59 Å². The molecule has 0 unspecified atom stereocenters. The molecule has 0 fully saturated rings. The minimum Gasteiger partial charge on any atom is -0.481 e. The molecule has 0 radical (unpaired) electrons. The van der Waals surface area contributed by atoms with Gasteiger partial charge in [0.25, 0.3) is 0 Å². The molecule has 0 aliphatic carbocycles. The number of carboxylic acids is 1. The lowest BCUT2D eigenvalue weighted by molar-refractivity contribution is -0.142. The quantitative estimate of drug-likeness (QED) is 0.376. The lowest BCUT2D eigenvalue weighted by Crippen LogP contribution is -2.07. The zero-order valence-electron chi connectivity index (χ0n) is 7.77. The van der Waals surface area contributed by atoms with E-state index in [4.69, 9.17) is 9.84 Å². The molecule has 0 aromatic carbocycles. The predicted octanol–water partition coefficient (Wildman–Crippen LogP) is 1.06. The lowest BCUT2D eigenvalue weighted by Gasteiger charge is -2.01. The van der Waals surface area contributed by atoms with E-state index < -0.39 is 5.97 Å². The van der Waals surface area contributed by atoms with E-state index in [1.165, 1.54) is 11.8 Å². The molecule has 0 atom stereocenters. The van der Waals surface area contributed by atoms with Gasteiger partial charge in [0, 0.05) is 17.3 Å². The third-order valence-corrected chi connectivity index (χ3v) is 2.43. The Bertz CT molecular complexity index is 184. The molecule has 82 valence electrons. The maximum Gasteiger partial charge on any atom is 0.306 e. The normalized spacial score (nSPS) is 9.79. The maximum atomic E-state index is 10.9. The standard InChI is InChI=1S/C8H14O4S2/c9-7(10)1-5-14-6-2-8(11)12-3-4-13/h13H,1-6H2,(H,9,10). The van der Waals surface area contributed by atoms with Crippen molar-refractivity contribution in [3.8, 4) is 0 Å². The molecule has 4 nitrogen and oxygen atoms in total. The van der Waals surface area contributed by atoms with Crippen LogP contribution in [0.3, 0.4) is 0 Å². The molecular weight excluding hydrogens is 224 g/mol.